The molecule has 8 nitrogen and oxygen atoms in total. The number of anilines is 1. The largest absolute Gasteiger partial charge is 0.507 e. The van der Waals surface area contributed by atoms with Crippen molar-refractivity contribution in [2.75, 3.05) is 18.6 Å². The Balaban J connectivity index is 1.90. The summed E-state index contributed by atoms with van der Waals surface area (Å²) >= 11 is 0. The highest BCUT2D eigenvalue weighted by Crippen LogP contribution is 2.43. The molecular formula is C27H23FN2O6. The van der Waals surface area contributed by atoms with E-state index in [2.05, 4.69) is 4.98 Å². The third-order valence-electron chi connectivity index (χ3n) is 5.66. The lowest BCUT2D eigenvalue weighted by Crippen LogP contribution is -2.29. The second kappa shape index (κ2) is 10.4. The van der Waals surface area contributed by atoms with Gasteiger partial charge in [-0.1, -0.05) is 19.1 Å². The van der Waals surface area contributed by atoms with Gasteiger partial charge in [0, 0.05) is 18.1 Å². The number of methoxy groups -OCH3 is 1. The number of halogens is 1. The molecule has 1 fully saturated rings. The molecule has 1 aliphatic heterocycles. The summed E-state index contributed by atoms with van der Waals surface area (Å²) < 4.78 is 24.5. The molecule has 1 atom stereocenters. The number of rotatable bonds is 7. The summed E-state index contributed by atoms with van der Waals surface area (Å²) in [6.07, 6.45) is 3.62. The molecule has 0 bridgehead atoms. The lowest BCUT2D eigenvalue weighted by atomic mass is 9.95. The average Bonchev–Trinajstić information content (AvgIpc) is 3.17. The third kappa shape index (κ3) is 4.55. The standard InChI is InChI=1S/C27H23FN2O6/c1-3-12-36-27(34)16-6-4-8-19(13-16)30-23(17-7-5-11-29-15-17)22(25(32)26(30)33)24(31)20-14-18(28)9-10-21(20)35-2/h4-11,13-15,23,31H,3,12H2,1-2H3/b24-22+. The molecule has 2 heterocycles. The number of esters is 1. The second-order valence-corrected chi connectivity index (χ2v) is 7.99. The molecule has 0 spiro atoms. The Kier molecular flexibility index (Phi) is 7.10. The van der Waals surface area contributed by atoms with Gasteiger partial charge < -0.3 is 14.6 Å². The number of hydrogen-bond donors (Lipinski definition) is 1. The summed E-state index contributed by atoms with van der Waals surface area (Å²) in [6.45, 7) is 2.10. The second-order valence-electron chi connectivity index (χ2n) is 7.99. The van der Waals surface area contributed by atoms with Gasteiger partial charge >= 0.3 is 5.97 Å². The molecule has 36 heavy (non-hydrogen) atoms. The van der Waals surface area contributed by atoms with Crippen LogP contribution in [0, 0.1) is 5.82 Å². The van der Waals surface area contributed by atoms with Crippen molar-refractivity contribution in [2.45, 2.75) is 19.4 Å². The van der Waals surface area contributed by atoms with Gasteiger partial charge in [-0.2, -0.15) is 0 Å². The predicted octanol–water partition coefficient (Wildman–Crippen LogP) is 4.42. The summed E-state index contributed by atoms with van der Waals surface area (Å²) in [5, 5.41) is 11.2. The molecule has 9 heteroatoms. The summed E-state index contributed by atoms with van der Waals surface area (Å²) in [7, 11) is 1.34. The number of ether oxygens (including phenoxy) is 2. The van der Waals surface area contributed by atoms with Crippen molar-refractivity contribution < 1.29 is 33.4 Å². The van der Waals surface area contributed by atoms with Crippen LogP contribution in [-0.2, 0) is 14.3 Å². The lowest BCUT2D eigenvalue weighted by Gasteiger charge is -2.25. The quantitative estimate of drug-likeness (QED) is 0.226. The zero-order valence-electron chi connectivity index (χ0n) is 19.6. The Bertz CT molecular complexity index is 1360. The number of hydrogen-bond acceptors (Lipinski definition) is 7. The van der Waals surface area contributed by atoms with Crippen LogP contribution in [0.5, 0.6) is 5.75 Å². The topological polar surface area (TPSA) is 106 Å². The monoisotopic (exact) mass is 490 g/mol. The van der Waals surface area contributed by atoms with Gasteiger partial charge in [0.25, 0.3) is 11.7 Å². The maximum atomic E-state index is 14.1. The van der Waals surface area contributed by atoms with Gasteiger partial charge in [-0.3, -0.25) is 19.5 Å². The molecule has 1 aromatic heterocycles. The number of carbonyl (C=O) groups excluding carboxylic acids is 3. The molecule has 2 aromatic carbocycles. The van der Waals surface area contributed by atoms with Crippen LogP contribution in [0.2, 0.25) is 0 Å². The fourth-order valence-corrected chi connectivity index (χ4v) is 4.02. The van der Waals surface area contributed by atoms with Crippen LogP contribution in [0.15, 0.2) is 72.6 Å². The van der Waals surface area contributed by atoms with Gasteiger partial charge in [0.1, 0.15) is 17.3 Å². The molecule has 1 aliphatic rings. The SMILES string of the molecule is CCCOC(=O)c1cccc(N2C(=O)C(=O)/C(=C(/O)c3cc(F)ccc3OC)C2c2cccnc2)c1. The lowest BCUT2D eigenvalue weighted by molar-refractivity contribution is -0.132. The zero-order valence-corrected chi connectivity index (χ0v) is 19.6. The molecule has 1 amide bonds. The summed E-state index contributed by atoms with van der Waals surface area (Å²) in [6, 6.07) is 11.7. The first kappa shape index (κ1) is 24.6. The molecule has 0 aliphatic carbocycles. The van der Waals surface area contributed by atoms with E-state index in [1.165, 1.54) is 42.6 Å². The van der Waals surface area contributed by atoms with E-state index in [1.54, 1.807) is 24.3 Å². The number of pyridine rings is 1. The van der Waals surface area contributed by atoms with Gasteiger partial charge in [-0.25, -0.2) is 9.18 Å². The maximum absolute atomic E-state index is 14.1. The van der Waals surface area contributed by atoms with E-state index in [-0.39, 0.29) is 34.7 Å². The van der Waals surface area contributed by atoms with Crippen molar-refractivity contribution >= 4 is 29.1 Å². The fourth-order valence-electron chi connectivity index (χ4n) is 4.02. The summed E-state index contributed by atoms with van der Waals surface area (Å²) in [5.74, 6) is -3.63. The van der Waals surface area contributed by atoms with E-state index in [9.17, 15) is 23.9 Å². The molecule has 1 N–H and O–H groups in total. The number of benzene rings is 2. The minimum Gasteiger partial charge on any atom is -0.507 e. The highest BCUT2D eigenvalue weighted by atomic mass is 19.1. The Hall–Kier alpha value is -4.53. The third-order valence-corrected chi connectivity index (χ3v) is 5.66. The molecule has 1 unspecified atom stereocenters. The first-order valence-corrected chi connectivity index (χ1v) is 11.2. The number of aromatic nitrogens is 1. The van der Waals surface area contributed by atoms with Crippen molar-refractivity contribution in [3.8, 4) is 5.75 Å². The van der Waals surface area contributed by atoms with Gasteiger partial charge in [0.15, 0.2) is 0 Å². The Morgan fingerprint density at radius 3 is 2.64 bits per heavy atom. The van der Waals surface area contributed by atoms with Crippen LogP contribution in [0.3, 0.4) is 0 Å². The Labute approximate surface area is 206 Å². The Morgan fingerprint density at radius 2 is 1.94 bits per heavy atom. The normalized spacial score (nSPS) is 16.8. The number of aliphatic hydroxyl groups is 1. The van der Waals surface area contributed by atoms with Crippen molar-refractivity contribution in [3.05, 3.63) is 95.1 Å². The van der Waals surface area contributed by atoms with Crippen LogP contribution in [0.4, 0.5) is 10.1 Å². The summed E-state index contributed by atoms with van der Waals surface area (Å²) in [4.78, 5) is 44.3. The van der Waals surface area contributed by atoms with Crippen LogP contribution in [0.1, 0.15) is 40.9 Å². The van der Waals surface area contributed by atoms with Crippen LogP contribution in [-0.4, -0.2) is 41.5 Å². The van der Waals surface area contributed by atoms with E-state index < -0.39 is 35.3 Å². The van der Waals surface area contributed by atoms with E-state index in [0.29, 0.717) is 12.0 Å². The van der Waals surface area contributed by atoms with E-state index in [1.807, 2.05) is 6.92 Å². The predicted molar refractivity (Wildman–Crippen MR) is 129 cm³/mol. The Morgan fingerprint density at radius 1 is 1.14 bits per heavy atom. The van der Waals surface area contributed by atoms with Gasteiger partial charge in [0.05, 0.1) is 36.5 Å². The minimum absolute atomic E-state index is 0.0821. The average molecular weight is 490 g/mol. The van der Waals surface area contributed by atoms with E-state index in [0.717, 1.165) is 12.1 Å². The molecule has 3 aromatic rings. The van der Waals surface area contributed by atoms with Gasteiger partial charge in [0.2, 0.25) is 0 Å². The fraction of sp³-hybridized carbons (Fsp3) is 0.185. The van der Waals surface area contributed by atoms with Crippen molar-refractivity contribution in [2.24, 2.45) is 0 Å². The number of carbonyl (C=O) groups is 3. The van der Waals surface area contributed by atoms with Crippen molar-refractivity contribution in [1.82, 2.24) is 4.98 Å². The van der Waals surface area contributed by atoms with Crippen LogP contribution in [0.25, 0.3) is 5.76 Å². The zero-order chi connectivity index (χ0) is 25.8. The number of ketones is 1. The number of Topliss-reactive ketones (excluding diaryl/α,β-unsaturated/α-hetero) is 1. The maximum Gasteiger partial charge on any atom is 0.338 e. The highest BCUT2D eigenvalue weighted by molar-refractivity contribution is 6.51. The minimum atomic E-state index is -1.10. The smallest absolute Gasteiger partial charge is 0.338 e. The number of amides is 1. The molecule has 1 saturated heterocycles. The highest BCUT2D eigenvalue weighted by Gasteiger charge is 2.47. The first-order chi connectivity index (χ1) is 17.4. The molecule has 4 rings (SSSR count). The number of nitrogens with zero attached hydrogens (tertiary/aromatic N) is 2. The van der Waals surface area contributed by atoms with Gasteiger partial charge in [-0.05, 0) is 54.4 Å². The van der Waals surface area contributed by atoms with E-state index >= 15 is 0 Å². The number of aliphatic hydroxyl groups excluding tert-OH is 1. The molecule has 0 saturated carbocycles. The van der Waals surface area contributed by atoms with Gasteiger partial charge in [-0.15, -0.1) is 0 Å². The van der Waals surface area contributed by atoms with Crippen LogP contribution >= 0.6 is 0 Å². The van der Waals surface area contributed by atoms with Crippen molar-refractivity contribution in [3.63, 3.8) is 0 Å². The van der Waals surface area contributed by atoms with E-state index in [4.69, 9.17) is 9.47 Å². The first-order valence-electron chi connectivity index (χ1n) is 11.2. The van der Waals surface area contributed by atoms with Crippen LogP contribution < -0.4 is 9.64 Å². The molecule has 184 valence electrons. The van der Waals surface area contributed by atoms with Crippen molar-refractivity contribution in [1.29, 1.82) is 0 Å². The molecular weight excluding hydrogens is 467 g/mol. The summed E-state index contributed by atoms with van der Waals surface area (Å²) in [5.41, 5.74) is 0.506. The molecule has 0 radical (unpaired) electrons.